The zero-order chi connectivity index (χ0) is 17.4. The van der Waals surface area contributed by atoms with Crippen LogP contribution in [0.15, 0.2) is 18.2 Å². The van der Waals surface area contributed by atoms with Crippen LogP contribution in [-0.4, -0.2) is 59.4 Å². The molecule has 1 aromatic rings. The van der Waals surface area contributed by atoms with E-state index in [0.29, 0.717) is 24.6 Å². The maximum atomic E-state index is 12.2. The number of carbonyl (C=O) groups excluding carboxylic acids is 1. The molecule has 2 rings (SSSR count). The molecule has 1 aliphatic rings. The Labute approximate surface area is 144 Å². The van der Waals surface area contributed by atoms with Crippen LogP contribution in [-0.2, 0) is 11.3 Å². The number of amides is 1. The molecule has 3 N–H and O–H groups in total. The molecule has 134 valence electrons. The maximum Gasteiger partial charge on any atom is 0.275 e. The third-order valence-electron chi connectivity index (χ3n) is 4.62. The third-order valence-corrected chi connectivity index (χ3v) is 4.62. The number of quaternary nitrogens is 2. The van der Waals surface area contributed by atoms with Crippen LogP contribution >= 0.6 is 0 Å². The zero-order valence-corrected chi connectivity index (χ0v) is 15.1. The lowest BCUT2D eigenvalue weighted by Crippen LogP contribution is -3.28. The van der Waals surface area contributed by atoms with Gasteiger partial charge >= 0.3 is 0 Å². The van der Waals surface area contributed by atoms with Gasteiger partial charge in [0, 0.05) is 6.54 Å². The molecule has 0 aliphatic carbocycles. The standard InChI is InChI=1S/C18H29N3O3/c1-4-7-20-8-10-21(11-9-20)14-18(22)19-13-15-5-6-16(23-2)17(12-15)24-3/h5-6,12H,4,7-11,13-14H2,1-3H3,(H,19,22)/p+2. The summed E-state index contributed by atoms with van der Waals surface area (Å²) in [7, 11) is 3.23. The van der Waals surface area contributed by atoms with Gasteiger partial charge in [0.05, 0.1) is 20.8 Å². The van der Waals surface area contributed by atoms with Gasteiger partial charge in [0.1, 0.15) is 26.2 Å². The minimum absolute atomic E-state index is 0.110. The van der Waals surface area contributed by atoms with E-state index in [0.717, 1.165) is 18.7 Å². The summed E-state index contributed by atoms with van der Waals surface area (Å²) in [6, 6.07) is 5.71. The van der Waals surface area contributed by atoms with E-state index in [1.807, 2.05) is 18.2 Å². The van der Waals surface area contributed by atoms with Crippen LogP contribution in [0.3, 0.4) is 0 Å². The van der Waals surface area contributed by atoms with Crippen molar-refractivity contribution < 1.29 is 24.1 Å². The second-order valence-electron chi connectivity index (χ2n) is 6.39. The molecule has 1 aliphatic heterocycles. The minimum atomic E-state index is 0.110. The van der Waals surface area contributed by atoms with E-state index < -0.39 is 0 Å². The Morgan fingerprint density at radius 2 is 1.75 bits per heavy atom. The zero-order valence-electron chi connectivity index (χ0n) is 15.1. The SMILES string of the molecule is CCC[NH+]1CC[NH+](CC(=O)NCc2ccc(OC)c(OC)c2)CC1. The van der Waals surface area contributed by atoms with E-state index in [1.165, 1.54) is 31.0 Å². The maximum absolute atomic E-state index is 12.2. The first kappa shape index (κ1) is 18.5. The number of hydrogen-bond acceptors (Lipinski definition) is 3. The molecule has 0 atom stereocenters. The Morgan fingerprint density at radius 1 is 1.08 bits per heavy atom. The van der Waals surface area contributed by atoms with Crippen molar-refractivity contribution in [1.82, 2.24) is 5.32 Å². The number of benzene rings is 1. The van der Waals surface area contributed by atoms with Gasteiger partial charge in [0.15, 0.2) is 18.0 Å². The topological polar surface area (TPSA) is 56.4 Å². The number of ether oxygens (including phenoxy) is 2. The smallest absolute Gasteiger partial charge is 0.275 e. The predicted molar refractivity (Wildman–Crippen MR) is 92.8 cm³/mol. The van der Waals surface area contributed by atoms with E-state index in [-0.39, 0.29) is 5.91 Å². The van der Waals surface area contributed by atoms with Gasteiger partial charge in [-0.1, -0.05) is 13.0 Å². The van der Waals surface area contributed by atoms with Crippen LogP contribution < -0.4 is 24.6 Å². The first-order valence-corrected chi connectivity index (χ1v) is 8.81. The van der Waals surface area contributed by atoms with Crippen molar-refractivity contribution in [2.24, 2.45) is 0 Å². The minimum Gasteiger partial charge on any atom is -0.493 e. The Kier molecular flexibility index (Phi) is 7.34. The molecule has 1 amide bonds. The third kappa shape index (κ3) is 5.39. The van der Waals surface area contributed by atoms with Crippen LogP contribution in [0.5, 0.6) is 11.5 Å². The molecule has 6 heteroatoms. The molecule has 0 aromatic heterocycles. The molecule has 0 bridgehead atoms. The highest BCUT2D eigenvalue weighted by molar-refractivity contribution is 5.76. The Balaban J connectivity index is 1.75. The fourth-order valence-electron chi connectivity index (χ4n) is 3.22. The van der Waals surface area contributed by atoms with Crippen molar-refractivity contribution in [3.63, 3.8) is 0 Å². The fraction of sp³-hybridized carbons (Fsp3) is 0.611. The average Bonchev–Trinajstić information content (AvgIpc) is 2.61. The summed E-state index contributed by atoms with van der Waals surface area (Å²) in [6.45, 7) is 9.06. The molecule has 1 aromatic carbocycles. The first-order valence-electron chi connectivity index (χ1n) is 8.81. The van der Waals surface area contributed by atoms with Crippen molar-refractivity contribution in [3.8, 4) is 11.5 Å². The summed E-state index contributed by atoms with van der Waals surface area (Å²) in [5.41, 5.74) is 1.01. The summed E-state index contributed by atoms with van der Waals surface area (Å²) in [6.07, 6.45) is 1.23. The van der Waals surface area contributed by atoms with Crippen LogP contribution in [0.1, 0.15) is 18.9 Å². The molecule has 0 unspecified atom stereocenters. The number of piperazine rings is 1. The highest BCUT2D eigenvalue weighted by Crippen LogP contribution is 2.27. The molecule has 0 radical (unpaired) electrons. The van der Waals surface area contributed by atoms with Gasteiger partial charge in [0.25, 0.3) is 5.91 Å². The summed E-state index contributed by atoms with van der Waals surface area (Å²) < 4.78 is 10.5. The molecule has 24 heavy (non-hydrogen) atoms. The van der Waals surface area contributed by atoms with Gasteiger partial charge in [-0.25, -0.2) is 0 Å². The molecular formula is C18H31N3O3+2. The summed E-state index contributed by atoms with van der Waals surface area (Å²) >= 11 is 0. The number of carbonyl (C=O) groups is 1. The van der Waals surface area contributed by atoms with Crippen molar-refractivity contribution in [3.05, 3.63) is 23.8 Å². The van der Waals surface area contributed by atoms with Gasteiger partial charge in [-0.2, -0.15) is 0 Å². The van der Waals surface area contributed by atoms with E-state index in [2.05, 4.69) is 12.2 Å². The highest BCUT2D eigenvalue weighted by Gasteiger charge is 2.23. The summed E-state index contributed by atoms with van der Waals surface area (Å²) in [4.78, 5) is 15.2. The first-order chi connectivity index (χ1) is 11.7. The monoisotopic (exact) mass is 337 g/mol. The molecule has 0 spiro atoms. The molecule has 6 nitrogen and oxygen atoms in total. The normalized spacial score (nSPS) is 20.5. The van der Waals surface area contributed by atoms with Crippen molar-refractivity contribution in [2.75, 3.05) is 53.5 Å². The number of methoxy groups -OCH3 is 2. The van der Waals surface area contributed by atoms with Crippen molar-refractivity contribution in [1.29, 1.82) is 0 Å². The van der Waals surface area contributed by atoms with Crippen LogP contribution in [0.25, 0.3) is 0 Å². The summed E-state index contributed by atoms with van der Waals surface area (Å²) in [5.74, 6) is 1.49. The quantitative estimate of drug-likeness (QED) is 0.542. The van der Waals surface area contributed by atoms with Gasteiger partial charge in [0.2, 0.25) is 0 Å². The van der Waals surface area contributed by atoms with Gasteiger partial charge in [-0.3, -0.25) is 4.79 Å². The molecule has 0 saturated carbocycles. The van der Waals surface area contributed by atoms with E-state index >= 15 is 0 Å². The lowest BCUT2D eigenvalue weighted by Gasteiger charge is -2.29. The lowest BCUT2D eigenvalue weighted by molar-refractivity contribution is -1.01. The van der Waals surface area contributed by atoms with Crippen LogP contribution in [0.4, 0.5) is 0 Å². The van der Waals surface area contributed by atoms with Crippen LogP contribution in [0.2, 0.25) is 0 Å². The lowest BCUT2D eigenvalue weighted by atomic mass is 10.2. The largest absolute Gasteiger partial charge is 0.493 e. The van der Waals surface area contributed by atoms with Crippen molar-refractivity contribution >= 4 is 5.91 Å². The predicted octanol–water partition coefficient (Wildman–Crippen LogP) is -1.49. The fourth-order valence-corrected chi connectivity index (χ4v) is 3.22. The average molecular weight is 337 g/mol. The van der Waals surface area contributed by atoms with Crippen LogP contribution in [0, 0.1) is 0 Å². The number of rotatable bonds is 8. The Hall–Kier alpha value is -1.79. The summed E-state index contributed by atoms with van der Waals surface area (Å²) in [5, 5.41) is 3.01. The Morgan fingerprint density at radius 3 is 2.38 bits per heavy atom. The van der Waals surface area contributed by atoms with E-state index in [4.69, 9.17) is 9.47 Å². The second kappa shape index (κ2) is 9.49. The number of nitrogens with one attached hydrogen (secondary N) is 3. The molecule has 1 fully saturated rings. The number of hydrogen-bond donors (Lipinski definition) is 3. The van der Waals surface area contributed by atoms with E-state index in [1.54, 1.807) is 19.1 Å². The van der Waals surface area contributed by atoms with Gasteiger partial charge < -0.3 is 24.6 Å². The molecular weight excluding hydrogens is 306 g/mol. The van der Waals surface area contributed by atoms with E-state index in [9.17, 15) is 4.79 Å². The van der Waals surface area contributed by atoms with Gasteiger partial charge in [-0.05, 0) is 24.1 Å². The van der Waals surface area contributed by atoms with Crippen molar-refractivity contribution in [2.45, 2.75) is 19.9 Å². The second-order valence-corrected chi connectivity index (χ2v) is 6.39. The highest BCUT2D eigenvalue weighted by atomic mass is 16.5. The van der Waals surface area contributed by atoms with Gasteiger partial charge in [-0.15, -0.1) is 0 Å². The molecule has 1 heterocycles. The Bertz CT molecular complexity index is 528. The molecule has 1 saturated heterocycles.